The second kappa shape index (κ2) is 4.66. The fourth-order valence-electron chi connectivity index (χ4n) is 1.26. The molecule has 1 aromatic carbocycles. The molecule has 0 aromatic heterocycles. The molecular weight excluding hydrogens is 156 g/mol. The van der Waals surface area contributed by atoms with E-state index in [-0.39, 0.29) is 0 Å². The van der Waals surface area contributed by atoms with E-state index in [2.05, 4.69) is 44.3 Å². The van der Waals surface area contributed by atoms with Crippen molar-refractivity contribution in [1.82, 2.24) is 0 Å². The minimum Gasteiger partial charge on any atom is -0.103 e. The van der Waals surface area contributed by atoms with E-state index in [0.29, 0.717) is 5.92 Å². The zero-order valence-corrected chi connectivity index (χ0v) is 8.16. The molecule has 68 valence electrons. The van der Waals surface area contributed by atoms with Gasteiger partial charge in [-0.15, -0.1) is 13.2 Å². The number of allylic oxidation sites excluding steroid dienone is 2. The highest BCUT2D eigenvalue weighted by atomic mass is 14.0. The van der Waals surface area contributed by atoms with Crippen molar-refractivity contribution in [2.75, 3.05) is 0 Å². The monoisotopic (exact) mass is 172 g/mol. The average molecular weight is 172 g/mol. The lowest BCUT2D eigenvalue weighted by molar-refractivity contribution is 0.968. The molecule has 1 aromatic rings. The second-order valence-corrected chi connectivity index (χ2v) is 3.26. The standard InChI is InChI=1S/C13H16/c1-4-6-12-7-9-13(10-8-12)11(3)5-2/h4-5,7-11H,1-2,6H2,3H3. The summed E-state index contributed by atoms with van der Waals surface area (Å²) in [4.78, 5) is 0. The lowest BCUT2D eigenvalue weighted by atomic mass is 9.99. The molecule has 13 heavy (non-hydrogen) atoms. The Morgan fingerprint density at radius 3 is 2.31 bits per heavy atom. The van der Waals surface area contributed by atoms with Gasteiger partial charge in [0, 0.05) is 0 Å². The van der Waals surface area contributed by atoms with Crippen molar-refractivity contribution < 1.29 is 0 Å². The van der Waals surface area contributed by atoms with Gasteiger partial charge in [0.05, 0.1) is 0 Å². The first kappa shape index (κ1) is 9.79. The van der Waals surface area contributed by atoms with Gasteiger partial charge in [-0.05, 0) is 23.5 Å². The van der Waals surface area contributed by atoms with Gasteiger partial charge in [-0.3, -0.25) is 0 Å². The zero-order valence-electron chi connectivity index (χ0n) is 8.16. The highest BCUT2D eigenvalue weighted by Crippen LogP contribution is 2.16. The van der Waals surface area contributed by atoms with Crippen LogP contribution in [0.5, 0.6) is 0 Å². The van der Waals surface area contributed by atoms with Gasteiger partial charge in [0.15, 0.2) is 0 Å². The molecule has 0 saturated carbocycles. The molecule has 0 spiro atoms. The lowest BCUT2D eigenvalue weighted by Crippen LogP contribution is -1.89. The first-order chi connectivity index (χ1) is 6.27. The topological polar surface area (TPSA) is 0 Å². The summed E-state index contributed by atoms with van der Waals surface area (Å²) in [7, 11) is 0. The van der Waals surface area contributed by atoms with Crippen LogP contribution in [0.2, 0.25) is 0 Å². The van der Waals surface area contributed by atoms with Crippen molar-refractivity contribution in [2.45, 2.75) is 19.3 Å². The van der Waals surface area contributed by atoms with Crippen LogP contribution in [-0.4, -0.2) is 0 Å². The first-order valence-corrected chi connectivity index (χ1v) is 4.60. The summed E-state index contributed by atoms with van der Waals surface area (Å²) in [6, 6.07) is 8.62. The Morgan fingerprint density at radius 2 is 1.85 bits per heavy atom. The van der Waals surface area contributed by atoms with E-state index in [0.717, 1.165) is 6.42 Å². The highest BCUT2D eigenvalue weighted by molar-refractivity contribution is 5.27. The Kier molecular flexibility index (Phi) is 3.51. The van der Waals surface area contributed by atoms with Crippen LogP contribution < -0.4 is 0 Å². The van der Waals surface area contributed by atoms with Crippen LogP contribution in [0.25, 0.3) is 0 Å². The van der Waals surface area contributed by atoms with Gasteiger partial charge in [0.1, 0.15) is 0 Å². The third kappa shape index (κ3) is 2.59. The summed E-state index contributed by atoms with van der Waals surface area (Å²) in [5.41, 5.74) is 2.64. The van der Waals surface area contributed by atoms with Gasteiger partial charge < -0.3 is 0 Å². The van der Waals surface area contributed by atoms with Gasteiger partial charge in [0.2, 0.25) is 0 Å². The van der Waals surface area contributed by atoms with Crippen LogP contribution in [0.3, 0.4) is 0 Å². The van der Waals surface area contributed by atoms with E-state index in [4.69, 9.17) is 0 Å². The van der Waals surface area contributed by atoms with Gasteiger partial charge in [-0.2, -0.15) is 0 Å². The Hall–Kier alpha value is -1.30. The van der Waals surface area contributed by atoms with Crippen molar-refractivity contribution in [2.24, 2.45) is 0 Å². The summed E-state index contributed by atoms with van der Waals surface area (Å²) in [6.45, 7) is 9.64. The maximum Gasteiger partial charge on any atom is -0.00131 e. The summed E-state index contributed by atoms with van der Waals surface area (Å²) >= 11 is 0. The molecule has 0 fully saturated rings. The van der Waals surface area contributed by atoms with Crippen molar-refractivity contribution in [1.29, 1.82) is 0 Å². The molecule has 1 atom stereocenters. The molecule has 0 aliphatic rings. The van der Waals surface area contributed by atoms with E-state index < -0.39 is 0 Å². The van der Waals surface area contributed by atoms with Gasteiger partial charge in [-0.25, -0.2) is 0 Å². The van der Waals surface area contributed by atoms with E-state index in [9.17, 15) is 0 Å². The van der Waals surface area contributed by atoms with Gasteiger partial charge in [-0.1, -0.05) is 43.3 Å². The molecule has 0 amide bonds. The number of hydrogen-bond acceptors (Lipinski definition) is 0. The summed E-state index contributed by atoms with van der Waals surface area (Å²) in [5.74, 6) is 0.442. The fourth-order valence-corrected chi connectivity index (χ4v) is 1.26. The van der Waals surface area contributed by atoms with E-state index >= 15 is 0 Å². The van der Waals surface area contributed by atoms with E-state index in [1.54, 1.807) is 0 Å². The number of hydrogen-bond donors (Lipinski definition) is 0. The Morgan fingerprint density at radius 1 is 1.23 bits per heavy atom. The SMILES string of the molecule is C=CCc1ccc(C(C)C=C)cc1. The lowest BCUT2D eigenvalue weighted by Gasteiger charge is -2.06. The minimum atomic E-state index is 0.442. The average Bonchev–Trinajstić information content (AvgIpc) is 2.18. The largest absolute Gasteiger partial charge is 0.103 e. The van der Waals surface area contributed by atoms with Gasteiger partial charge >= 0.3 is 0 Å². The molecule has 0 aliphatic heterocycles. The van der Waals surface area contributed by atoms with Crippen LogP contribution in [0.4, 0.5) is 0 Å². The maximum atomic E-state index is 3.78. The fraction of sp³-hybridized carbons (Fsp3) is 0.231. The normalized spacial score (nSPS) is 12.1. The van der Waals surface area contributed by atoms with Crippen molar-refractivity contribution in [3.63, 3.8) is 0 Å². The van der Waals surface area contributed by atoms with Crippen LogP contribution in [-0.2, 0) is 6.42 Å². The smallest absolute Gasteiger partial charge is 0.00131 e. The predicted octanol–water partition coefficient (Wildman–Crippen LogP) is 3.70. The molecule has 0 nitrogen and oxygen atoms in total. The first-order valence-electron chi connectivity index (χ1n) is 4.60. The summed E-state index contributed by atoms with van der Waals surface area (Å²) in [6.07, 6.45) is 4.83. The molecule has 1 unspecified atom stereocenters. The molecule has 0 saturated heterocycles. The van der Waals surface area contributed by atoms with Crippen LogP contribution >= 0.6 is 0 Å². The van der Waals surface area contributed by atoms with Crippen molar-refractivity contribution >= 4 is 0 Å². The summed E-state index contributed by atoms with van der Waals surface area (Å²) in [5, 5.41) is 0. The van der Waals surface area contributed by atoms with Crippen molar-refractivity contribution in [3.05, 3.63) is 60.7 Å². The Labute approximate surface area is 80.6 Å². The number of rotatable bonds is 4. The van der Waals surface area contributed by atoms with Crippen LogP contribution in [0, 0.1) is 0 Å². The maximum absolute atomic E-state index is 3.78. The predicted molar refractivity (Wildman–Crippen MR) is 59.0 cm³/mol. The molecule has 0 aliphatic carbocycles. The molecule has 0 bridgehead atoms. The van der Waals surface area contributed by atoms with Crippen LogP contribution in [0.1, 0.15) is 24.0 Å². The third-order valence-electron chi connectivity index (χ3n) is 2.24. The minimum absolute atomic E-state index is 0.442. The third-order valence-corrected chi connectivity index (χ3v) is 2.24. The second-order valence-electron chi connectivity index (χ2n) is 3.26. The molecule has 0 heteroatoms. The molecule has 0 N–H and O–H groups in total. The Balaban J connectivity index is 2.80. The highest BCUT2D eigenvalue weighted by Gasteiger charge is 1.99. The summed E-state index contributed by atoms with van der Waals surface area (Å²) < 4.78 is 0. The van der Waals surface area contributed by atoms with Crippen LogP contribution in [0.15, 0.2) is 49.6 Å². The van der Waals surface area contributed by atoms with Gasteiger partial charge in [0.25, 0.3) is 0 Å². The number of benzene rings is 1. The Bertz CT molecular complexity index is 279. The van der Waals surface area contributed by atoms with Crippen molar-refractivity contribution in [3.8, 4) is 0 Å². The molecular formula is C13H16. The molecule has 0 heterocycles. The van der Waals surface area contributed by atoms with E-state index in [1.165, 1.54) is 11.1 Å². The molecule has 1 rings (SSSR count). The quantitative estimate of drug-likeness (QED) is 0.607. The molecule has 0 radical (unpaired) electrons. The van der Waals surface area contributed by atoms with E-state index in [1.807, 2.05) is 12.2 Å². The zero-order chi connectivity index (χ0) is 9.68.